The Hall–Kier alpha value is -3.55. The number of nitrogen functional groups attached to an aromatic ring is 1. The minimum Gasteiger partial charge on any atom is -0.507 e. The van der Waals surface area contributed by atoms with E-state index in [0.29, 0.717) is 27.0 Å². The summed E-state index contributed by atoms with van der Waals surface area (Å²) < 4.78 is 19.4. The molecule has 0 unspecified atom stereocenters. The molecule has 214 valence electrons. The summed E-state index contributed by atoms with van der Waals surface area (Å²) >= 11 is 9.21. The normalized spacial score (nSPS) is 9.30. The summed E-state index contributed by atoms with van der Waals surface area (Å²) in [5.41, 5.74) is 6.98. The van der Waals surface area contributed by atoms with Gasteiger partial charge in [-0.1, -0.05) is 45.2 Å². The van der Waals surface area contributed by atoms with Crippen LogP contribution < -0.4 is 10.5 Å². The van der Waals surface area contributed by atoms with E-state index in [9.17, 15) is 24.6 Å². The van der Waals surface area contributed by atoms with Crippen LogP contribution in [0.3, 0.4) is 0 Å². The molecule has 9 nitrogen and oxygen atoms in total. The number of aromatic hydroxyl groups is 1. The highest BCUT2D eigenvalue weighted by Gasteiger charge is 2.10. The lowest BCUT2D eigenvalue weighted by molar-refractivity contribution is -0.385. The molecule has 4 aromatic rings. The van der Waals surface area contributed by atoms with Gasteiger partial charge in [-0.3, -0.25) is 20.2 Å². The van der Waals surface area contributed by atoms with Crippen molar-refractivity contribution < 1.29 is 24.1 Å². The van der Waals surface area contributed by atoms with Crippen LogP contribution in [0.1, 0.15) is 20.4 Å². The van der Waals surface area contributed by atoms with Gasteiger partial charge in [0.15, 0.2) is 0 Å². The highest BCUT2D eigenvalue weighted by atomic mass is 79.9. The van der Waals surface area contributed by atoms with Gasteiger partial charge in [-0.05, 0) is 83.7 Å². The number of nitrogens with two attached hydrogens (primary N) is 1. The number of anilines is 1. The maximum atomic E-state index is 12.5. The molecule has 0 aliphatic heterocycles. The Labute approximate surface area is 256 Å². The highest BCUT2D eigenvalue weighted by molar-refractivity contribution is 9.11. The number of non-ortho nitro benzene ring substituents is 2. The largest absolute Gasteiger partial charge is 0.507 e. The second-order valence-electron chi connectivity index (χ2n) is 7.21. The van der Waals surface area contributed by atoms with Crippen molar-refractivity contribution in [1.29, 1.82) is 0 Å². The van der Waals surface area contributed by atoms with E-state index in [1.807, 2.05) is 30.3 Å². The smallest absolute Gasteiger partial charge is 0.270 e. The molecule has 13 heteroatoms. The van der Waals surface area contributed by atoms with Gasteiger partial charge in [0, 0.05) is 30.0 Å². The van der Waals surface area contributed by atoms with Gasteiger partial charge in [0.05, 0.1) is 23.3 Å². The molecule has 4 aromatic carbocycles. The van der Waals surface area contributed by atoms with Gasteiger partial charge in [-0.25, -0.2) is 4.39 Å². The lowest BCUT2D eigenvalue weighted by Gasteiger charge is -2.07. The molecular formula is C27H27Br3FN3O6. The van der Waals surface area contributed by atoms with Crippen LogP contribution in [0.2, 0.25) is 0 Å². The molecule has 0 bridgehead atoms. The molecule has 0 atom stereocenters. The molecule has 0 saturated heterocycles. The Kier molecular flexibility index (Phi) is 16.3. The van der Waals surface area contributed by atoms with Crippen LogP contribution in [0.25, 0.3) is 0 Å². The number of hydrogen-bond acceptors (Lipinski definition) is 7. The first-order valence-corrected chi connectivity index (χ1v) is 12.8. The second kappa shape index (κ2) is 17.9. The zero-order valence-corrected chi connectivity index (χ0v) is 24.0. The third kappa shape index (κ3) is 12.1. The van der Waals surface area contributed by atoms with Crippen molar-refractivity contribution in [3.63, 3.8) is 0 Å². The summed E-state index contributed by atoms with van der Waals surface area (Å²) in [6.07, 6.45) is 0. The fourth-order valence-corrected chi connectivity index (χ4v) is 3.82. The monoisotopic (exact) mass is 745 g/mol. The number of phenolic OH excluding ortho intramolecular Hbond substituents is 1. The zero-order valence-electron chi connectivity index (χ0n) is 19.3. The van der Waals surface area contributed by atoms with Crippen molar-refractivity contribution in [1.82, 2.24) is 0 Å². The van der Waals surface area contributed by atoms with Crippen molar-refractivity contribution in [2.45, 2.75) is 21.5 Å². The minimum atomic E-state index is -0.579. The van der Waals surface area contributed by atoms with E-state index >= 15 is 0 Å². The first-order valence-electron chi connectivity index (χ1n) is 10.4. The van der Waals surface area contributed by atoms with E-state index in [1.54, 1.807) is 24.3 Å². The molecular weight excluding hydrogens is 721 g/mol. The van der Waals surface area contributed by atoms with Crippen molar-refractivity contribution in [3.05, 3.63) is 130 Å². The molecule has 4 rings (SSSR count). The summed E-state index contributed by atoms with van der Waals surface area (Å²) in [7, 11) is 0. The topological polar surface area (TPSA) is 142 Å². The van der Waals surface area contributed by atoms with E-state index < -0.39 is 15.7 Å². The lowest BCUT2D eigenvalue weighted by atomic mass is 10.2. The SMILES string of the molecule is C.C.Nc1ccc(O)c(Br)c1.O=[N+]([O-])c1ccc(F)c(Br)c1.O=[N+]([O-])c1ccc(OCc2ccccc2)c(Br)c1. The van der Waals surface area contributed by atoms with E-state index in [1.165, 1.54) is 12.1 Å². The van der Waals surface area contributed by atoms with Crippen LogP contribution in [0.15, 0.2) is 98.3 Å². The predicted octanol–water partition coefficient (Wildman–Crippen LogP) is 9.44. The second-order valence-corrected chi connectivity index (χ2v) is 9.78. The average molecular weight is 748 g/mol. The first-order chi connectivity index (χ1) is 18.0. The van der Waals surface area contributed by atoms with Crippen molar-refractivity contribution in [2.75, 3.05) is 5.73 Å². The third-order valence-corrected chi connectivity index (χ3v) is 6.31. The van der Waals surface area contributed by atoms with E-state index in [-0.39, 0.29) is 36.5 Å². The predicted molar refractivity (Wildman–Crippen MR) is 166 cm³/mol. The number of benzene rings is 4. The molecule has 0 aromatic heterocycles. The van der Waals surface area contributed by atoms with E-state index in [4.69, 9.17) is 15.6 Å². The van der Waals surface area contributed by atoms with Crippen molar-refractivity contribution in [2.24, 2.45) is 0 Å². The number of ether oxygens (including phenoxy) is 1. The van der Waals surface area contributed by atoms with E-state index in [0.717, 1.165) is 23.8 Å². The zero-order chi connectivity index (χ0) is 28.2. The van der Waals surface area contributed by atoms with Crippen LogP contribution in [-0.4, -0.2) is 15.0 Å². The number of nitro benzene ring substituents is 2. The molecule has 0 fully saturated rings. The van der Waals surface area contributed by atoms with Gasteiger partial charge in [0.2, 0.25) is 0 Å². The highest BCUT2D eigenvalue weighted by Crippen LogP contribution is 2.29. The Morgan fingerprint density at radius 2 is 1.32 bits per heavy atom. The average Bonchev–Trinajstić information content (AvgIpc) is 2.88. The summed E-state index contributed by atoms with van der Waals surface area (Å²) in [6, 6.07) is 22.3. The summed E-state index contributed by atoms with van der Waals surface area (Å²) in [6.45, 7) is 0.428. The molecule has 0 aliphatic carbocycles. The van der Waals surface area contributed by atoms with Gasteiger partial charge in [0.25, 0.3) is 11.4 Å². The van der Waals surface area contributed by atoms with Crippen LogP contribution in [0.4, 0.5) is 21.5 Å². The van der Waals surface area contributed by atoms with Gasteiger partial charge in [-0.15, -0.1) is 0 Å². The Morgan fingerprint density at radius 1 is 0.775 bits per heavy atom. The number of hydrogen-bond donors (Lipinski definition) is 2. The number of phenols is 1. The molecule has 0 amide bonds. The van der Waals surface area contributed by atoms with Crippen molar-refractivity contribution in [3.8, 4) is 11.5 Å². The van der Waals surface area contributed by atoms with Gasteiger partial charge in [-0.2, -0.15) is 0 Å². The Morgan fingerprint density at radius 3 is 1.80 bits per heavy atom. The van der Waals surface area contributed by atoms with Gasteiger partial charge in [0.1, 0.15) is 23.9 Å². The van der Waals surface area contributed by atoms with Crippen molar-refractivity contribution >= 4 is 64.9 Å². The van der Waals surface area contributed by atoms with E-state index in [2.05, 4.69) is 47.8 Å². The number of nitro groups is 2. The fraction of sp³-hybridized carbons (Fsp3) is 0.111. The molecule has 0 aliphatic rings. The Balaban J connectivity index is 0.000000598. The number of nitrogens with zero attached hydrogens (tertiary/aromatic N) is 2. The summed E-state index contributed by atoms with van der Waals surface area (Å²) in [5, 5.41) is 29.7. The number of rotatable bonds is 5. The minimum absolute atomic E-state index is 0. The molecule has 0 spiro atoms. The van der Waals surface area contributed by atoms with Crippen LogP contribution >= 0.6 is 47.8 Å². The summed E-state index contributed by atoms with van der Waals surface area (Å²) in [4.78, 5) is 19.7. The van der Waals surface area contributed by atoms with Crippen LogP contribution in [0.5, 0.6) is 11.5 Å². The summed E-state index contributed by atoms with van der Waals surface area (Å²) in [5.74, 6) is 0.296. The van der Waals surface area contributed by atoms with Gasteiger partial charge >= 0.3 is 0 Å². The quantitative estimate of drug-likeness (QED) is 0.0897. The maximum Gasteiger partial charge on any atom is 0.270 e. The standard InChI is InChI=1S/C13H10BrNO3.C6H3BrFNO2.C6H6BrNO.2CH4/c14-12-8-11(15(16)17)6-7-13(12)18-9-10-4-2-1-3-5-10;7-5-3-4(9(10)11)1-2-6(5)8;7-5-3-4(8)1-2-6(5)9;;/h1-8H,9H2;1-3H;1-3,9H,8H2;2*1H4. The lowest BCUT2D eigenvalue weighted by Crippen LogP contribution is -1.96. The maximum absolute atomic E-state index is 12.5. The first kappa shape index (κ1) is 36.5. The molecule has 40 heavy (non-hydrogen) atoms. The van der Waals surface area contributed by atoms with Crippen LogP contribution in [-0.2, 0) is 6.61 Å². The third-order valence-electron chi connectivity index (χ3n) is 4.45. The van der Waals surface area contributed by atoms with Crippen LogP contribution in [0, 0.1) is 26.0 Å². The fourth-order valence-electron chi connectivity index (χ4n) is 2.58. The Bertz CT molecular complexity index is 1410. The number of halogens is 4. The molecule has 0 saturated carbocycles. The molecule has 0 heterocycles. The molecule has 3 N–H and O–H groups in total. The van der Waals surface area contributed by atoms with Gasteiger partial charge < -0.3 is 15.6 Å². The molecule has 0 radical (unpaired) electrons.